The lowest BCUT2D eigenvalue weighted by Crippen LogP contribution is -2.42. The van der Waals surface area contributed by atoms with Crippen LogP contribution in [-0.2, 0) is 6.42 Å². The van der Waals surface area contributed by atoms with Crippen LogP contribution in [0.15, 0.2) is 18.5 Å². The standard InChI is InChI=1S/C24H37N9/c1-6-7-17(3)28-24-29-21(25)23-27-15-20(33(23)30-24)13-18-12-16(2)22(26-14-18)32-10-8-19(9-11-32)31(4)5/h12,14-15,17,19H,6-11,13H2,1-5H3,(H3,25,28,29,30)/t17-/m1/s1/i3D2. The number of piperidine rings is 1. The summed E-state index contributed by atoms with van der Waals surface area (Å²) in [5.41, 5.74) is 9.76. The minimum absolute atomic E-state index is 0.265. The van der Waals surface area contributed by atoms with Crippen molar-refractivity contribution in [3.8, 4) is 0 Å². The Morgan fingerprint density at radius 3 is 2.73 bits per heavy atom. The van der Waals surface area contributed by atoms with E-state index in [-0.39, 0.29) is 11.9 Å². The van der Waals surface area contributed by atoms with Crippen LogP contribution in [0.5, 0.6) is 0 Å². The van der Waals surface area contributed by atoms with Gasteiger partial charge in [-0.1, -0.05) is 19.4 Å². The Labute approximate surface area is 199 Å². The first-order valence-electron chi connectivity index (χ1n) is 12.9. The summed E-state index contributed by atoms with van der Waals surface area (Å²) in [6.07, 6.45) is 8.14. The molecule has 0 bridgehead atoms. The molecule has 1 saturated heterocycles. The van der Waals surface area contributed by atoms with E-state index in [9.17, 15) is 0 Å². The lowest BCUT2D eigenvalue weighted by Gasteiger charge is -2.36. The van der Waals surface area contributed by atoms with Crippen molar-refractivity contribution in [3.63, 3.8) is 0 Å². The molecule has 0 unspecified atom stereocenters. The van der Waals surface area contributed by atoms with Gasteiger partial charge in [0.25, 0.3) is 0 Å². The highest BCUT2D eigenvalue weighted by Gasteiger charge is 2.22. The molecular formula is C24H37N9. The minimum Gasteiger partial charge on any atom is -0.380 e. The molecular weight excluding hydrogens is 414 g/mol. The highest BCUT2D eigenvalue weighted by molar-refractivity contribution is 5.61. The van der Waals surface area contributed by atoms with Crippen molar-refractivity contribution in [2.24, 2.45) is 0 Å². The number of imidazole rings is 1. The van der Waals surface area contributed by atoms with Gasteiger partial charge in [-0.3, -0.25) is 0 Å². The number of nitrogens with zero attached hydrogens (tertiary/aromatic N) is 7. The van der Waals surface area contributed by atoms with Gasteiger partial charge in [-0.25, -0.2) is 14.5 Å². The Balaban J connectivity index is 1.52. The van der Waals surface area contributed by atoms with Crippen LogP contribution >= 0.6 is 0 Å². The van der Waals surface area contributed by atoms with E-state index in [2.05, 4.69) is 57.3 Å². The Bertz CT molecular complexity index is 1140. The molecule has 9 nitrogen and oxygen atoms in total. The number of aromatic nitrogens is 5. The molecule has 4 heterocycles. The van der Waals surface area contributed by atoms with Gasteiger partial charge in [0.2, 0.25) is 5.95 Å². The van der Waals surface area contributed by atoms with Gasteiger partial charge in [0.15, 0.2) is 11.5 Å². The molecule has 1 fully saturated rings. The lowest BCUT2D eigenvalue weighted by atomic mass is 10.0. The van der Waals surface area contributed by atoms with Gasteiger partial charge in [0.1, 0.15) is 5.82 Å². The number of anilines is 3. The largest absolute Gasteiger partial charge is 0.380 e. The topological polar surface area (TPSA) is 100 Å². The second kappa shape index (κ2) is 9.91. The third kappa shape index (κ3) is 5.19. The van der Waals surface area contributed by atoms with E-state index >= 15 is 0 Å². The van der Waals surface area contributed by atoms with E-state index in [1.54, 1.807) is 10.7 Å². The molecule has 3 aromatic rings. The number of aryl methyl sites for hydroxylation is 1. The van der Waals surface area contributed by atoms with E-state index in [1.807, 2.05) is 13.1 Å². The maximum Gasteiger partial charge on any atom is 0.243 e. The van der Waals surface area contributed by atoms with Gasteiger partial charge in [-0.15, -0.1) is 5.10 Å². The van der Waals surface area contributed by atoms with Gasteiger partial charge < -0.3 is 20.9 Å². The highest BCUT2D eigenvalue weighted by atomic mass is 15.3. The fourth-order valence-electron chi connectivity index (χ4n) is 4.54. The van der Waals surface area contributed by atoms with Crippen LogP contribution in [0, 0.1) is 6.92 Å². The van der Waals surface area contributed by atoms with Gasteiger partial charge in [0, 0.05) is 40.5 Å². The molecule has 0 radical (unpaired) electrons. The zero-order valence-corrected chi connectivity index (χ0v) is 20.1. The molecule has 0 spiro atoms. The molecule has 178 valence electrons. The van der Waals surface area contributed by atoms with Crippen LogP contribution in [-0.4, -0.2) is 68.7 Å². The van der Waals surface area contributed by atoms with Crippen LogP contribution in [0.3, 0.4) is 0 Å². The number of rotatable bonds is 8. The molecule has 0 amide bonds. The molecule has 0 aromatic carbocycles. The van der Waals surface area contributed by atoms with Crippen LogP contribution in [0.2, 0.25) is 0 Å². The van der Waals surface area contributed by atoms with E-state index < -0.39 is 6.88 Å². The fourth-order valence-corrected chi connectivity index (χ4v) is 4.54. The summed E-state index contributed by atoms with van der Waals surface area (Å²) in [4.78, 5) is 18.2. The van der Waals surface area contributed by atoms with Gasteiger partial charge >= 0.3 is 0 Å². The number of nitrogen functional groups attached to an aromatic ring is 1. The predicted octanol–water partition coefficient (Wildman–Crippen LogP) is 3.13. The fraction of sp³-hybridized carbons (Fsp3) is 0.583. The minimum atomic E-state index is -1.03. The SMILES string of the molecule is [2H]C([2H])[C@H](CCC)Nc1nc(N)c2ncc(Cc3cnc(N4CCC(N(C)C)CC4)c(C)c3)n2n1. The molecule has 33 heavy (non-hydrogen) atoms. The number of hydrogen-bond acceptors (Lipinski definition) is 8. The zero-order chi connectivity index (χ0) is 25.1. The molecule has 0 aliphatic carbocycles. The lowest BCUT2D eigenvalue weighted by molar-refractivity contribution is 0.249. The van der Waals surface area contributed by atoms with E-state index in [1.165, 1.54) is 0 Å². The second-order valence-electron chi connectivity index (χ2n) is 9.19. The van der Waals surface area contributed by atoms with Crippen molar-refractivity contribution >= 4 is 23.2 Å². The van der Waals surface area contributed by atoms with Crippen molar-refractivity contribution < 1.29 is 2.74 Å². The average molecular weight is 454 g/mol. The average Bonchev–Trinajstić information content (AvgIpc) is 3.22. The molecule has 1 aliphatic heterocycles. The highest BCUT2D eigenvalue weighted by Crippen LogP contribution is 2.25. The number of nitrogens with two attached hydrogens (primary N) is 1. The van der Waals surface area contributed by atoms with Crippen LogP contribution in [0.1, 0.15) is 59.0 Å². The molecule has 3 N–H and O–H groups in total. The monoisotopic (exact) mass is 453 g/mol. The number of nitrogens with one attached hydrogen (secondary N) is 1. The molecule has 1 atom stereocenters. The van der Waals surface area contributed by atoms with Gasteiger partial charge in [-0.2, -0.15) is 4.98 Å². The van der Waals surface area contributed by atoms with Crippen LogP contribution < -0.4 is 16.0 Å². The van der Waals surface area contributed by atoms with E-state index in [4.69, 9.17) is 13.5 Å². The third-order valence-electron chi connectivity index (χ3n) is 6.36. The maximum atomic E-state index is 7.79. The smallest absolute Gasteiger partial charge is 0.243 e. The summed E-state index contributed by atoms with van der Waals surface area (Å²) in [6.45, 7) is 5.15. The summed E-state index contributed by atoms with van der Waals surface area (Å²) in [5, 5.41) is 7.69. The van der Waals surface area contributed by atoms with Crippen LogP contribution in [0.4, 0.5) is 17.6 Å². The summed E-state index contributed by atoms with van der Waals surface area (Å²) in [5.74, 6) is 1.63. The second-order valence-corrected chi connectivity index (χ2v) is 9.19. The Kier molecular flexibility index (Phi) is 6.20. The van der Waals surface area contributed by atoms with E-state index in [0.29, 0.717) is 30.5 Å². The van der Waals surface area contributed by atoms with Crippen molar-refractivity contribution in [2.75, 3.05) is 43.1 Å². The summed E-state index contributed by atoms with van der Waals surface area (Å²) in [7, 11) is 4.31. The Morgan fingerprint density at radius 2 is 2.06 bits per heavy atom. The van der Waals surface area contributed by atoms with Crippen molar-refractivity contribution in [3.05, 3.63) is 35.3 Å². The van der Waals surface area contributed by atoms with Crippen molar-refractivity contribution in [2.45, 2.75) is 64.9 Å². The first kappa shape index (κ1) is 20.7. The zero-order valence-electron chi connectivity index (χ0n) is 22.1. The Hall–Kier alpha value is -2.94. The normalized spacial score (nSPS) is 17.0. The molecule has 3 aromatic heterocycles. The molecule has 4 rings (SSSR count). The summed E-state index contributed by atoms with van der Waals surface area (Å²) in [6, 6.07) is 2.46. The Morgan fingerprint density at radius 1 is 1.27 bits per heavy atom. The van der Waals surface area contributed by atoms with Crippen molar-refractivity contribution in [1.82, 2.24) is 29.5 Å². The number of fused-ring (bicyclic) bond motifs is 1. The molecule has 1 aliphatic rings. The first-order valence-corrected chi connectivity index (χ1v) is 11.7. The number of pyridine rings is 1. The molecule has 9 heteroatoms. The van der Waals surface area contributed by atoms with Gasteiger partial charge in [-0.05, 0) is 58.3 Å². The first-order chi connectivity index (χ1) is 16.8. The summed E-state index contributed by atoms with van der Waals surface area (Å²) < 4.78 is 17.3. The third-order valence-corrected chi connectivity index (χ3v) is 6.36. The number of hydrogen-bond donors (Lipinski definition) is 2. The van der Waals surface area contributed by atoms with E-state index in [0.717, 1.165) is 55.0 Å². The van der Waals surface area contributed by atoms with Crippen molar-refractivity contribution in [1.29, 1.82) is 0 Å². The van der Waals surface area contributed by atoms with Gasteiger partial charge in [0.05, 0.1) is 11.9 Å². The predicted molar refractivity (Wildman–Crippen MR) is 134 cm³/mol. The quantitative estimate of drug-likeness (QED) is 0.537. The maximum absolute atomic E-state index is 7.79. The van der Waals surface area contributed by atoms with Crippen LogP contribution in [0.25, 0.3) is 5.65 Å². The molecule has 0 saturated carbocycles. The summed E-state index contributed by atoms with van der Waals surface area (Å²) >= 11 is 0.